The molecule has 0 spiro atoms. The fraction of sp³-hybridized carbons (Fsp3) is 0. The van der Waals surface area contributed by atoms with E-state index in [1.165, 1.54) is 10.2 Å². The molecule has 2 heterocycles. The molecule has 0 bridgehead atoms. The van der Waals surface area contributed by atoms with Crippen LogP contribution in [-0.4, -0.2) is 9.15 Å². The van der Waals surface area contributed by atoms with E-state index in [1.807, 2.05) is 0 Å². The Kier molecular flexibility index (Phi) is 1.25. The van der Waals surface area contributed by atoms with Gasteiger partial charge in [-0.3, -0.25) is 4.40 Å². The minimum Gasteiger partial charge on any atom is -0.286 e. The minimum absolute atomic E-state index is 1.05. The van der Waals surface area contributed by atoms with E-state index >= 15 is 0 Å². The van der Waals surface area contributed by atoms with Crippen LogP contribution >= 0.6 is 19.7 Å². The monoisotopic (exact) mass is 192 g/mol. The lowest BCUT2D eigenvalue weighted by Crippen LogP contribution is -1.73. The van der Waals surface area contributed by atoms with Crippen molar-refractivity contribution in [1.82, 2.24) is 9.15 Å². The summed E-state index contributed by atoms with van der Waals surface area (Å²) >= 11 is 1.74. The first-order valence-corrected chi connectivity index (χ1v) is 5.36. The zero-order chi connectivity index (χ0) is 7.97. The summed E-state index contributed by atoms with van der Waals surface area (Å²) in [5, 5.41) is 0. The van der Waals surface area contributed by atoms with E-state index < -0.39 is 0 Å². The maximum atomic E-state index is 4.33. The fourth-order valence-electron chi connectivity index (χ4n) is 1.30. The molecule has 4 heteroatoms. The number of fused-ring (bicyclic) bond motifs is 3. The van der Waals surface area contributed by atoms with Gasteiger partial charge in [0.15, 0.2) is 4.96 Å². The molecule has 1 aromatic carbocycles. The summed E-state index contributed by atoms with van der Waals surface area (Å²) in [6.07, 6.45) is 0. The van der Waals surface area contributed by atoms with E-state index in [-0.39, 0.29) is 0 Å². The van der Waals surface area contributed by atoms with Gasteiger partial charge in [0.25, 0.3) is 0 Å². The topological polar surface area (TPSA) is 17.3 Å². The van der Waals surface area contributed by atoms with Crippen molar-refractivity contribution in [3.05, 3.63) is 30.2 Å². The minimum atomic E-state index is 1.05. The summed E-state index contributed by atoms with van der Waals surface area (Å²) < 4.78 is 7.80. The van der Waals surface area contributed by atoms with Crippen molar-refractivity contribution in [2.24, 2.45) is 0 Å². The van der Waals surface area contributed by atoms with Crippen molar-refractivity contribution >= 4 is 34.9 Å². The number of nitrogens with zero attached hydrogens (tertiary/aromatic N) is 2. The van der Waals surface area contributed by atoms with E-state index in [0.29, 0.717) is 0 Å². The van der Waals surface area contributed by atoms with Crippen LogP contribution in [0.5, 0.6) is 0 Å². The van der Waals surface area contributed by atoms with Crippen LogP contribution in [0.2, 0.25) is 0 Å². The van der Waals surface area contributed by atoms with Crippen LogP contribution in [0.15, 0.2) is 30.2 Å². The maximum absolute atomic E-state index is 4.33. The molecule has 0 saturated carbocycles. The van der Waals surface area contributed by atoms with Gasteiger partial charge >= 0.3 is 0 Å². The van der Waals surface area contributed by atoms with Crippen LogP contribution in [0.25, 0.3) is 15.2 Å². The van der Waals surface area contributed by atoms with Crippen molar-refractivity contribution in [3.63, 3.8) is 0 Å². The lowest BCUT2D eigenvalue weighted by atomic mass is 10.3. The molecule has 0 aliphatic carbocycles. The van der Waals surface area contributed by atoms with Gasteiger partial charge in [0.05, 0.1) is 24.5 Å². The third-order valence-electron chi connectivity index (χ3n) is 1.84. The second-order valence-corrected chi connectivity index (χ2v) is 4.22. The van der Waals surface area contributed by atoms with Crippen molar-refractivity contribution in [2.45, 2.75) is 0 Å². The Morgan fingerprint density at radius 2 is 2.25 bits per heavy atom. The summed E-state index contributed by atoms with van der Waals surface area (Å²) in [6.45, 7) is 0. The Labute approximate surface area is 74.6 Å². The highest BCUT2D eigenvalue weighted by Gasteiger charge is 2.02. The first-order valence-electron chi connectivity index (χ1n) is 3.62. The molecular weight excluding hydrogens is 187 g/mol. The summed E-state index contributed by atoms with van der Waals surface area (Å²) in [7, 11) is 1.05. The van der Waals surface area contributed by atoms with E-state index in [2.05, 4.69) is 39.3 Å². The molecule has 0 fully saturated rings. The molecule has 0 amide bonds. The molecule has 0 saturated heterocycles. The largest absolute Gasteiger partial charge is 0.286 e. The van der Waals surface area contributed by atoms with Crippen molar-refractivity contribution in [1.29, 1.82) is 0 Å². The maximum Gasteiger partial charge on any atom is 0.199 e. The zero-order valence-corrected chi connectivity index (χ0v) is 7.85. The predicted molar refractivity (Wildman–Crippen MR) is 53.1 cm³/mol. The molecule has 3 aromatic rings. The number of aromatic nitrogens is 2. The molecule has 0 radical (unpaired) electrons. The van der Waals surface area contributed by atoms with Gasteiger partial charge in [-0.15, -0.1) is 0 Å². The molecule has 0 aliphatic heterocycles. The number of benzene rings is 1. The summed E-state index contributed by atoms with van der Waals surface area (Å²) in [6, 6.07) is 8.38. The Morgan fingerprint density at radius 3 is 3.25 bits per heavy atom. The van der Waals surface area contributed by atoms with Gasteiger partial charge in [0.2, 0.25) is 0 Å². The lowest BCUT2D eigenvalue weighted by molar-refractivity contribution is 1.30. The highest BCUT2D eigenvalue weighted by molar-refractivity contribution is 7.28. The number of hydrogen-bond donors (Lipinski definition) is 0. The van der Waals surface area contributed by atoms with Gasteiger partial charge in [0, 0.05) is 0 Å². The Bertz CT molecular complexity index is 539. The van der Waals surface area contributed by atoms with Crippen LogP contribution in [0, 0.1) is 0 Å². The molecule has 58 valence electrons. The van der Waals surface area contributed by atoms with Gasteiger partial charge in [-0.1, -0.05) is 23.5 Å². The normalized spacial score (nSPS) is 12.0. The predicted octanol–water partition coefficient (Wildman–Crippen LogP) is 3.13. The highest BCUT2D eigenvalue weighted by Crippen LogP contribution is 2.26. The average molecular weight is 192 g/mol. The van der Waals surface area contributed by atoms with Gasteiger partial charge < -0.3 is 0 Å². The van der Waals surface area contributed by atoms with Crippen molar-refractivity contribution in [2.75, 3.05) is 0 Å². The molecule has 0 N–H and O–H groups in total. The van der Waals surface area contributed by atoms with E-state index in [9.17, 15) is 0 Å². The molecule has 12 heavy (non-hydrogen) atoms. The average Bonchev–Trinajstić information content (AvgIpc) is 2.62. The fourth-order valence-corrected chi connectivity index (χ4v) is 3.13. The lowest BCUT2D eigenvalue weighted by Gasteiger charge is -1.86. The Morgan fingerprint density at radius 1 is 1.33 bits per heavy atom. The van der Waals surface area contributed by atoms with Crippen LogP contribution in [0.1, 0.15) is 0 Å². The van der Waals surface area contributed by atoms with Gasteiger partial charge in [-0.2, -0.15) is 4.75 Å². The molecule has 0 atom stereocenters. The van der Waals surface area contributed by atoms with E-state index in [4.69, 9.17) is 0 Å². The first-order chi connectivity index (χ1) is 5.95. The highest BCUT2D eigenvalue weighted by atomic mass is 32.1. The van der Waals surface area contributed by atoms with Crippen LogP contribution in [-0.2, 0) is 0 Å². The van der Waals surface area contributed by atoms with E-state index in [1.54, 1.807) is 11.3 Å². The third kappa shape index (κ3) is 0.752. The zero-order valence-electron chi connectivity index (χ0n) is 6.14. The smallest absolute Gasteiger partial charge is 0.199 e. The van der Waals surface area contributed by atoms with Gasteiger partial charge in [0.1, 0.15) is 0 Å². The van der Waals surface area contributed by atoms with Crippen molar-refractivity contribution in [3.8, 4) is 0 Å². The molecule has 2 nitrogen and oxygen atoms in total. The second kappa shape index (κ2) is 2.28. The second-order valence-electron chi connectivity index (χ2n) is 2.55. The summed E-state index contributed by atoms with van der Waals surface area (Å²) in [5.74, 6) is 2.09. The third-order valence-corrected chi connectivity index (χ3v) is 3.65. The molecule has 2 aromatic heterocycles. The van der Waals surface area contributed by atoms with Crippen molar-refractivity contribution < 1.29 is 0 Å². The van der Waals surface area contributed by atoms with Gasteiger partial charge in [-0.05, 0) is 12.1 Å². The van der Waals surface area contributed by atoms with Crippen LogP contribution in [0.3, 0.4) is 0 Å². The molecular formula is C8H5N2PS. The molecule has 0 aliphatic rings. The Hall–Kier alpha value is -0.920. The standard InChI is InChI=1S/C8H5N2PS/c1-2-4-7-6(3-1)10-5-11-9-8(10)12-7/h1-5H. The number of thiazole rings is 1. The van der Waals surface area contributed by atoms with Crippen LogP contribution < -0.4 is 0 Å². The SMILES string of the molecule is c1ccc2c(c1)sc1npcn12. The number of para-hydroxylation sites is 1. The van der Waals surface area contributed by atoms with E-state index in [0.717, 1.165) is 13.3 Å². The number of hydrogen-bond acceptors (Lipinski definition) is 2. The molecule has 3 rings (SSSR count). The van der Waals surface area contributed by atoms with Crippen LogP contribution in [0.4, 0.5) is 0 Å². The number of rotatable bonds is 0. The summed E-state index contributed by atoms with van der Waals surface area (Å²) in [5.41, 5.74) is 1.27. The van der Waals surface area contributed by atoms with Gasteiger partial charge in [-0.25, -0.2) is 0 Å². The molecule has 0 unspecified atom stereocenters. The quantitative estimate of drug-likeness (QED) is 0.534. The summed E-state index contributed by atoms with van der Waals surface area (Å²) in [4.78, 5) is 1.11. The first kappa shape index (κ1) is 6.58. The Balaban J connectivity index is 2.68.